The molecule has 0 radical (unpaired) electrons. The highest BCUT2D eigenvalue weighted by Gasteiger charge is 2.08. The molecule has 0 aliphatic carbocycles. The highest BCUT2D eigenvalue weighted by atomic mass is 32.2. The first-order chi connectivity index (χ1) is 9.77. The molecule has 0 fully saturated rings. The fourth-order valence-corrected chi connectivity index (χ4v) is 3.43. The molecule has 0 bridgehead atoms. The van der Waals surface area contributed by atoms with Gasteiger partial charge in [-0.1, -0.05) is 44.0 Å². The zero-order valence-corrected chi connectivity index (χ0v) is 13.8. The van der Waals surface area contributed by atoms with Gasteiger partial charge in [0.2, 0.25) is 0 Å². The third kappa shape index (κ3) is 7.16. The topological polar surface area (TPSA) is 12.0 Å². The molecule has 20 heavy (non-hydrogen) atoms. The summed E-state index contributed by atoms with van der Waals surface area (Å²) in [5.41, 5.74) is 1.39. The van der Waals surface area contributed by atoms with Gasteiger partial charge in [-0.3, -0.25) is 0 Å². The molecule has 1 rings (SSSR count). The molecule has 0 heterocycles. The Morgan fingerprint density at radius 3 is 2.75 bits per heavy atom. The number of unbranched alkanes of at least 4 members (excludes halogenated alkanes) is 3. The van der Waals surface area contributed by atoms with Gasteiger partial charge in [-0.05, 0) is 44.4 Å². The molecule has 0 spiro atoms. The van der Waals surface area contributed by atoms with Gasteiger partial charge in [-0.2, -0.15) is 0 Å². The zero-order valence-electron chi connectivity index (χ0n) is 13.0. The van der Waals surface area contributed by atoms with Crippen LogP contribution in [0.4, 0.5) is 0 Å². The van der Waals surface area contributed by atoms with E-state index < -0.39 is 0 Å². The van der Waals surface area contributed by atoms with Crippen molar-refractivity contribution in [2.24, 2.45) is 0 Å². The van der Waals surface area contributed by atoms with Gasteiger partial charge in [0.25, 0.3) is 0 Å². The quantitative estimate of drug-likeness (QED) is 0.341. The van der Waals surface area contributed by atoms with Crippen LogP contribution >= 0.6 is 11.8 Å². The normalized spacial score (nSPS) is 12.3. The van der Waals surface area contributed by atoms with E-state index in [4.69, 9.17) is 0 Å². The van der Waals surface area contributed by atoms with E-state index in [9.17, 15) is 0 Å². The van der Waals surface area contributed by atoms with Crippen molar-refractivity contribution in [3.63, 3.8) is 0 Å². The molecule has 0 saturated heterocycles. The average molecular weight is 292 g/mol. The highest BCUT2D eigenvalue weighted by molar-refractivity contribution is 7.99. The molecule has 0 aromatic heterocycles. The van der Waals surface area contributed by atoms with E-state index in [1.165, 1.54) is 41.9 Å². The smallest absolute Gasteiger partial charge is 0.0161 e. The van der Waals surface area contributed by atoms with E-state index >= 15 is 0 Å². The number of hydrogen-bond acceptors (Lipinski definition) is 2. The minimum absolute atomic E-state index is 0.633. The van der Waals surface area contributed by atoms with Crippen LogP contribution in [0.25, 0.3) is 0 Å². The monoisotopic (exact) mass is 291 g/mol. The fraction of sp³-hybridized carbons (Fsp3) is 0.556. The van der Waals surface area contributed by atoms with Gasteiger partial charge in [-0.15, -0.1) is 18.3 Å². The van der Waals surface area contributed by atoms with E-state index in [0.29, 0.717) is 6.04 Å². The molecule has 0 saturated carbocycles. The number of thioether (sulfide) groups is 1. The number of rotatable bonds is 11. The van der Waals surface area contributed by atoms with Crippen LogP contribution in [0.5, 0.6) is 0 Å². The minimum Gasteiger partial charge on any atom is -0.313 e. The maximum absolute atomic E-state index is 3.78. The fourth-order valence-electron chi connectivity index (χ4n) is 2.30. The van der Waals surface area contributed by atoms with E-state index in [-0.39, 0.29) is 0 Å². The Hall–Kier alpha value is -0.730. The zero-order chi connectivity index (χ0) is 14.6. The lowest BCUT2D eigenvalue weighted by molar-refractivity contribution is 0.502. The lowest BCUT2D eigenvalue weighted by Gasteiger charge is -2.18. The summed E-state index contributed by atoms with van der Waals surface area (Å²) in [5.74, 6) is 1.17. The van der Waals surface area contributed by atoms with Crippen molar-refractivity contribution in [1.29, 1.82) is 0 Å². The van der Waals surface area contributed by atoms with Crippen LogP contribution < -0.4 is 5.32 Å². The van der Waals surface area contributed by atoms with E-state index in [0.717, 1.165) is 13.0 Å². The average Bonchev–Trinajstić information content (AvgIpc) is 2.46. The van der Waals surface area contributed by atoms with Crippen LogP contribution in [0.15, 0.2) is 41.8 Å². The summed E-state index contributed by atoms with van der Waals surface area (Å²) in [7, 11) is 0. The Bertz CT molecular complexity index is 375. The number of hydrogen-bond donors (Lipinski definition) is 1. The van der Waals surface area contributed by atoms with E-state index in [1.54, 1.807) is 0 Å². The first-order valence-electron chi connectivity index (χ1n) is 7.80. The second-order valence-electron chi connectivity index (χ2n) is 5.26. The molecule has 1 nitrogen and oxygen atoms in total. The molecular formula is C18H29NS. The molecule has 1 N–H and O–H groups in total. The summed E-state index contributed by atoms with van der Waals surface area (Å²) >= 11 is 1.98. The Balaban J connectivity index is 2.31. The van der Waals surface area contributed by atoms with Crippen LogP contribution in [-0.4, -0.2) is 18.3 Å². The molecule has 0 aliphatic heterocycles. The minimum atomic E-state index is 0.633. The van der Waals surface area contributed by atoms with Gasteiger partial charge in [0, 0.05) is 16.7 Å². The number of nitrogens with one attached hydrogen (secondary N) is 1. The highest BCUT2D eigenvalue weighted by Crippen LogP contribution is 2.23. The summed E-state index contributed by atoms with van der Waals surface area (Å²) in [6.45, 7) is 9.23. The van der Waals surface area contributed by atoms with Crippen molar-refractivity contribution in [3.05, 3.63) is 42.5 Å². The molecule has 1 unspecified atom stereocenters. The Morgan fingerprint density at radius 1 is 1.25 bits per heavy atom. The van der Waals surface area contributed by atoms with Crippen LogP contribution in [0.3, 0.4) is 0 Å². The molecule has 1 atom stereocenters. The van der Waals surface area contributed by atoms with Crippen LogP contribution in [0, 0.1) is 6.92 Å². The third-order valence-electron chi connectivity index (χ3n) is 3.49. The molecule has 0 amide bonds. The Kier molecular flexibility index (Phi) is 9.52. The predicted octanol–water partition coefficient (Wildman–Crippen LogP) is 5.20. The molecule has 2 heteroatoms. The van der Waals surface area contributed by atoms with Crippen molar-refractivity contribution in [2.45, 2.75) is 56.9 Å². The van der Waals surface area contributed by atoms with Crippen LogP contribution in [-0.2, 0) is 0 Å². The van der Waals surface area contributed by atoms with Crippen LogP contribution in [0.2, 0.25) is 0 Å². The van der Waals surface area contributed by atoms with Gasteiger partial charge >= 0.3 is 0 Å². The summed E-state index contributed by atoms with van der Waals surface area (Å²) in [4.78, 5) is 1.42. The maximum Gasteiger partial charge on any atom is 0.0161 e. The summed E-state index contributed by atoms with van der Waals surface area (Å²) in [5, 5.41) is 3.62. The number of allylic oxidation sites excluding steroid dienone is 1. The molecular weight excluding hydrogens is 262 g/mol. The lowest BCUT2D eigenvalue weighted by atomic mass is 10.1. The predicted molar refractivity (Wildman–Crippen MR) is 92.6 cm³/mol. The van der Waals surface area contributed by atoms with Gasteiger partial charge in [0.05, 0.1) is 0 Å². The largest absolute Gasteiger partial charge is 0.313 e. The van der Waals surface area contributed by atoms with Crippen LogP contribution in [0.1, 0.15) is 44.6 Å². The molecule has 1 aromatic carbocycles. The van der Waals surface area contributed by atoms with Gasteiger partial charge in [0.15, 0.2) is 0 Å². The van der Waals surface area contributed by atoms with Gasteiger partial charge in [0.1, 0.15) is 0 Å². The standard InChI is InChI=1S/C18H29NS/c1-4-6-7-8-9-13-17(19-5-2)15-20-18-14-11-10-12-16(18)3/h4,10-12,14,17,19H,1,5-9,13,15H2,2-3H3. The van der Waals surface area contributed by atoms with Crippen molar-refractivity contribution in [1.82, 2.24) is 5.32 Å². The third-order valence-corrected chi connectivity index (χ3v) is 4.83. The number of benzene rings is 1. The second-order valence-corrected chi connectivity index (χ2v) is 6.32. The molecule has 112 valence electrons. The number of aryl methyl sites for hydroxylation is 1. The van der Waals surface area contributed by atoms with Crippen molar-refractivity contribution in [2.75, 3.05) is 12.3 Å². The first kappa shape index (κ1) is 17.3. The van der Waals surface area contributed by atoms with Crippen molar-refractivity contribution < 1.29 is 0 Å². The second kappa shape index (κ2) is 11.0. The maximum atomic E-state index is 3.78. The summed E-state index contributed by atoms with van der Waals surface area (Å²) < 4.78 is 0. The Morgan fingerprint density at radius 2 is 2.05 bits per heavy atom. The van der Waals surface area contributed by atoms with E-state index in [2.05, 4.69) is 50.0 Å². The van der Waals surface area contributed by atoms with Gasteiger partial charge in [-0.25, -0.2) is 0 Å². The molecule has 0 aliphatic rings. The van der Waals surface area contributed by atoms with E-state index in [1.807, 2.05) is 17.8 Å². The molecule has 1 aromatic rings. The van der Waals surface area contributed by atoms with Gasteiger partial charge < -0.3 is 5.32 Å². The summed E-state index contributed by atoms with van der Waals surface area (Å²) in [6, 6.07) is 9.30. The summed E-state index contributed by atoms with van der Waals surface area (Å²) in [6.07, 6.45) is 8.39. The van der Waals surface area contributed by atoms with Crippen molar-refractivity contribution in [3.8, 4) is 0 Å². The lowest BCUT2D eigenvalue weighted by Crippen LogP contribution is -2.31. The SMILES string of the molecule is C=CCCCCCC(CSc1ccccc1C)NCC. The first-order valence-corrected chi connectivity index (χ1v) is 8.79. The van der Waals surface area contributed by atoms with Crippen molar-refractivity contribution >= 4 is 11.8 Å². The Labute approximate surface area is 129 Å².